The molecule has 0 spiro atoms. The third kappa shape index (κ3) is 2.74. The van der Waals surface area contributed by atoms with Gasteiger partial charge < -0.3 is 10.1 Å². The van der Waals surface area contributed by atoms with Crippen LogP contribution in [0.4, 0.5) is 14.5 Å². The van der Waals surface area contributed by atoms with Crippen LogP contribution >= 0.6 is 22.7 Å². The van der Waals surface area contributed by atoms with Gasteiger partial charge in [0.25, 0.3) is 0 Å². The highest BCUT2D eigenvalue weighted by Crippen LogP contribution is 2.38. The molecule has 6 heteroatoms. The quantitative estimate of drug-likeness (QED) is 0.493. The van der Waals surface area contributed by atoms with E-state index in [0.717, 1.165) is 25.9 Å². The van der Waals surface area contributed by atoms with Crippen molar-refractivity contribution in [3.05, 3.63) is 60.4 Å². The molecule has 2 aromatic heterocycles. The van der Waals surface area contributed by atoms with Gasteiger partial charge in [-0.2, -0.15) is 0 Å². The summed E-state index contributed by atoms with van der Waals surface area (Å²) in [6, 6.07) is 16.9. The number of thiazole rings is 1. The van der Waals surface area contributed by atoms with Crippen LogP contribution in [0.15, 0.2) is 54.6 Å². The molecule has 2 heterocycles. The number of fused-ring (bicyclic) bond motifs is 1. The standard InChI is InChI=1S/C18H13FN2OS2/c1-22-13-7-3-2-5-11(13)14-9-10-16(23-14)20-18-21-17-12(19)6-4-8-15(17)24-18/h2-10H,1H3,(H,20,21). The van der Waals surface area contributed by atoms with Crippen LogP contribution in [0.3, 0.4) is 0 Å². The molecule has 2 aromatic carbocycles. The minimum absolute atomic E-state index is 0.294. The van der Waals surface area contributed by atoms with Crippen LogP contribution < -0.4 is 10.1 Å². The number of para-hydroxylation sites is 2. The zero-order valence-corrected chi connectivity index (χ0v) is 14.4. The Kier molecular flexibility index (Phi) is 3.92. The summed E-state index contributed by atoms with van der Waals surface area (Å²) in [7, 11) is 1.67. The van der Waals surface area contributed by atoms with Crippen LogP contribution in [-0.4, -0.2) is 12.1 Å². The number of halogens is 1. The topological polar surface area (TPSA) is 34.1 Å². The lowest BCUT2D eigenvalue weighted by molar-refractivity contribution is 0.416. The Morgan fingerprint density at radius 3 is 2.71 bits per heavy atom. The first kappa shape index (κ1) is 15.1. The third-order valence-electron chi connectivity index (χ3n) is 3.58. The van der Waals surface area contributed by atoms with Crippen molar-refractivity contribution in [1.82, 2.24) is 4.98 Å². The third-order valence-corrected chi connectivity index (χ3v) is 5.55. The van der Waals surface area contributed by atoms with Crippen LogP contribution in [0.2, 0.25) is 0 Å². The van der Waals surface area contributed by atoms with Gasteiger partial charge in [0.1, 0.15) is 17.1 Å². The minimum atomic E-state index is -0.294. The molecule has 0 unspecified atom stereocenters. The fraction of sp³-hybridized carbons (Fsp3) is 0.0556. The van der Waals surface area contributed by atoms with Gasteiger partial charge in [0.15, 0.2) is 5.13 Å². The summed E-state index contributed by atoms with van der Waals surface area (Å²) in [5.74, 6) is 0.547. The monoisotopic (exact) mass is 356 g/mol. The summed E-state index contributed by atoms with van der Waals surface area (Å²) in [5, 5.41) is 4.90. The maximum atomic E-state index is 13.8. The van der Waals surface area contributed by atoms with Gasteiger partial charge in [-0.15, -0.1) is 11.3 Å². The van der Waals surface area contributed by atoms with Crippen molar-refractivity contribution in [3.63, 3.8) is 0 Å². The maximum absolute atomic E-state index is 13.8. The molecule has 4 rings (SSSR count). The first-order valence-corrected chi connectivity index (χ1v) is 8.93. The smallest absolute Gasteiger partial charge is 0.188 e. The Hall–Kier alpha value is -2.44. The molecule has 4 aromatic rings. The predicted molar refractivity (Wildman–Crippen MR) is 99.2 cm³/mol. The normalized spacial score (nSPS) is 10.9. The lowest BCUT2D eigenvalue weighted by Crippen LogP contribution is -1.85. The van der Waals surface area contributed by atoms with Gasteiger partial charge >= 0.3 is 0 Å². The Labute approximate surface area is 146 Å². The average Bonchev–Trinajstić information content (AvgIpc) is 3.22. The molecule has 24 heavy (non-hydrogen) atoms. The van der Waals surface area contributed by atoms with E-state index in [1.807, 2.05) is 42.5 Å². The predicted octanol–water partition coefficient (Wildman–Crippen LogP) is 5.92. The minimum Gasteiger partial charge on any atom is -0.496 e. The van der Waals surface area contributed by atoms with E-state index in [2.05, 4.69) is 10.3 Å². The highest BCUT2D eigenvalue weighted by atomic mass is 32.1. The molecule has 0 fully saturated rings. The van der Waals surface area contributed by atoms with Crippen LogP contribution in [0.5, 0.6) is 5.75 Å². The van der Waals surface area contributed by atoms with E-state index in [-0.39, 0.29) is 5.82 Å². The van der Waals surface area contributed by atoms with E-state index in [9.17, 15) is 4.39 Å². The highest BCUT2D eigenvalue weighted by molar-refractivity contribution is 7.23. The molecule has 0 saturated carbocycles. The van der Waals surface area contributed by atoms with E-state index in [1.54, 1.807) is 24.5 Å². The zero-order chi connectivity index (χ0) is 16.5. The lowest BCUT2D eigenvalue weighted by atomic mass is 10.1. The fourth-order valence-corrected chi connectivity index (χ4v) is 4.36. The second-order valence-corrected chi connectivity index (χ2v) is 7.21. The molecule has 0 bridgehead atoms. The van der Waals surface area contributed by atoms with Crippen LogP contribution in [0.1, 0.15) is 0 Å². The summed E-state index contributed by atoms with van der Waals surface area (Å²) in [4.78, 5) is 5.44. The highest BCUT2D eigenvalue weighted by Gasteiger charge is 2.11. The van der Waals surface area contributed by atoms with Crippen molar-refractivity contribution in [2.45, 2.75) is 0 Å². The van der Waals surface area contributed by atoms with E-state index >= 15 is 0 Å². The number of hydrogen-bond acceptors (Lipinski definition) is 5. The van der Waals surface area contributed by atoms with Gasteiger partial charge in [0.2, 0.25) is 0 Å². The molecule has 3 nitrogen and oxygen atoms in total. The summed E-state index contributed by atoms with van der Waals surface area (Å²) < 4.78 is 20.0. The van der Waals surface area contributed by atoms with Crippen LogP contribution in [0.25, 0.3) is 20.7 Å². The van der Waals surface area contributed by atoms with E-state index in [0.29, 0.717) is 10.6 Å². The average molecular weight is 356 g/mol. The fourth-order valence-electron chi connectivity index (χ4n) is 2.47. The van der Waals surface area contributed by atoms with Gasteiger partial charge in [-0.25, -0.2) is 9.37 Å². The zero-order valence-electron chi connectivity index (χ0n) is 12.7. The summed E-state index contributed by atoms with van der Waals surface area (Å²) in [5.41, 5.74) is 1.46. The van der Waals surface area contributed by atoms with Crippen LogP contribution in [0, 0.1) is 5.82 Å². The Morgan fingerprint density at radius 2 is 1.88 bits per heavy atom. The number of rotatable bonds is 4. The molecule has 0 aliphatic rings. The van der Waals surface area contributed by atoms with Crippen molar-refractivity contribution >= 4 is 43.0 Å². The van der Waals surface area contributed by atoms with Crippen molar-refractivity contribution in [2.24, 2.45) is 0 Å². The van der Waals surface area contributed by atoms with Gasteiger partial charge in [-0.05, 0) is 36.4 Å². The van der Waals surface area contributed by atoms with Crippen molar-refractivity contribution in [1.29, 1.82) is 0 Å². The van der Waals surface area contributed by atoms with Gasteiger partial charge in [0, 0.05) is 10.4 Å². The summed E-state index contributed by atoms with van der Waals surface area (Å²) in [6.07, 6.45) is 0. The van der Waals surface area contributed by atoms with E-state index in [4.69, 9.17) is 4.74 Å². The molecular weight excluding hydrogens is 343 g/mol. The number of methoxy groups -OCH3 is 1. The number of benzene rings is 2. The van der Waals surface area contributed by atoms with Gasteiger partial charge in [0.05, 0.1) is 16.8 Å². The molecule has 0 aliphatic carbocycles. The van der Waals surface area contributed by atoms with Gasteiger partial charge in [-0.3, -0.25) is 0 Å². The Morgan fingerprint density at radius 1 is 1.00 bits per heavy atom. The summed E-state index contributed by atoms with van der Waals surface area (Å²) in [6.45, 7) is 0. The summed E-state index contributed by atoms with van der Waals surface area (Å²) >= 11 is 3.05. The largest absolute Gasteiger partial charge is 0.496 e. The molecule has 0 amide bonds. The molecule has 120 valence electrons. The van der Waals surface area contributed by atoms with E-state index < -0.39 is 0 Å². The number of thiophene rings is 1. The maximum Gasteiger partial charge on any atom is 0.188 e. The Balaban J connectivity index is 1.64. The first-order valence-electron chi connectivity index (χ1n) is 7.30. The van der Waals surface area contributed by atoms with E-state index in [1.165, 1.54) is 17.4 Å². The second kappa shape index (κ2) is 6.22. The first-order chi connectivity index (χ1) is 11.7. The number of aromatic nitrogens is 1. The molecule has 0 saturated heterocycles. The van der Waals surface area contributed by atoms with Gasteiger partial charge in [-0.1, -0.05) is 29.5 Å². The van der Waals surface area contributed by atoms with Crippen LogP contribution in [-0.2, 0) is 0 Å². The number of nitrogens with one attached hydrogen (secondary N) is 1. The molecule has 1 N–H and O–H groups in total. The lowest BCUT2D eigenvalue weighted by Gasteiger charge is -2.05. The molecule has 0 aliphatic heterocycles. The Bertz CT molecular complexity index is 1010. The molecular formula is C18H13FN2OS2. The number of nitrogens with zero attached hydrogens (tertiary/aromatic N) is 1. The number of ether oxygens (including phenoxy) is 1. The number of anilines is 2. The van der Waals surface area contributed by atoms with Crippen molar-refractivity contribution in [3.8, 4) is 16.2 Å². The van der Waals surface area contributed by atoms with Crippen molar-refractivity contribution < 1.29 is 9.13 Å². The second-order valence-electron chi connectivity index (χ2n) is 5.09. The molecule has 0 atom stereocenters. The SMILES string of the molecule is COc1ccccc1-c1ccc(Nc2nc3c(F)cccc3s2)s1. The number of hydrogen-bond donors (Lipinski definition) is 1. The van der Waals surface area contributed by atoms with Crippen molar-refractivity contribution in [2.75, 3.05) is 12.4 Å². The molecule has 0 radical (unpaired) electrons.